The lowest BCUT2D eigenvalue weighted by molar-refractivity contribution is 0.0948. The molecule has 2 N–H and O–H groups in total. The van der Waals surface area contributed by atoms with Crippen LogP contribution in [0, 0.1) is 0 Å². The predicted molar refractivity (Wildman–Crippen MR) is 102 cm³/mol. The molecule has 0 spiro atoms. The van der Waals surface area contributed by atoms with E-state index in [9.17, 15) is 18.3 Å². The normalized spacial score (nSPS) is 11.6. The van der Waals surface area contributed by atoms with Gasteiger partial charge < -0.3 is 10.4 Å². The molecule has 0 heterocycles. The van der Waals surface area contributed by atoms with Crippen molar-refractivity contribution in [2.24, 2.45) is 0 Å². The first-order valence-electron chi connectivity index (χ1n) is 7.21. The highest BCUT2D eigenvalue weighted by Gasteiger charge is 2.21. The van der Waals surface area contributed by atoms with Crippen molar-refractivity contribution in [3.63, 3.8) is 0 Å². The zero-order valence-corrected chi connectivity index (χ0v) is 16.8. The van der Waals surface area contributed by atoms with Crippen molar-refractivity contribution in [1.82, 2.24) is 9.62 Å². The van der Waals surface area contributed by atoms with Crippen molar-refractivity contribution in [2.75, 3.05) is 14.1 Å². The monoisotopic (exact) mass is 436 g/mol. The Balaban J connectivity index is 2.17. The van der Waals surface area contributed by atoms with Crippen LogP contribution in [-0.2, 0) is 16.6 Å². The molecule has 0 aliphatic carbocycles. The molecule has 2 rings (SSSR count). The number of carbonyl (C=O) groups is 1. The van der Waals surface area contributed by atoms with Crippen LogP contribution in [0.1, 0.15) is 15.9 Å². The Morgan fingerprint density at radius 2 is 1.69 bits per heavy atom. The van der Waals surface area contributed by atoms with Crippen LogP contribution < -0.4 is 5.32 Å². The largest absolute Gasteiger partial charge is 0.505 e. The second-order valence-electron chi connectivity index (χ2n) is 5.49. The molecule has 0 unspecified atom stereocenters. The van der Waals surface area contributed by atoms with Gasteiger partial charge in [0.05, 0.1) is 20.0 Å². The first-order chi connectivity index (χ1) is 12.1. The zero-order valence-electron chi connectivity index (χ0n) is 13.8. The van der Waals surface area contributed by atoms with Crippen LogP contribution in [0.4, 0.5) is 0 Å². The third kappa shape index (κ3) is 4.24. The summed E-state index contributed by atoms with van der Waals surface area (Å²) in [6.07, 6.45) is 0. The number of aromatic hydroxyl groups is 1. The number of halogens is 3. The third-order valence-electron chi connectivity index (χ3n) is 3.53. The van der Waals surface area contributed by atoms with Crippen LogP contribution in [-0.4, -0.2) is 37.8 Å². The van der Waals surface area contributed by atoms with E-state index in [2.05, 4.69) is 5.32 Å². The summed E-state index contributed by atoms with van der Waals surface area (Å²) in [6, 6.07) is 7.27. The summed E-state index contributed by atoms with van der Waals surface area (Å²) in [5, 5.41) is 12.3. The topological polar surface area (TPSA) is 86.7 Å². The van der Waals surface area contributed by atoms with Gasteiger partial charge in [0.25, 0.3) is 5.91 Å². The molecule has 140 valence electrons. The van der Waals surface area contributed by atoms with Gasteiger partial charge in [-0.25, -0.2) is 12.7 Å². The van der Waals surface area contributed by atoms with E-state index in [0.717, 1.165) is 4.31 Å². The second kappa shape index (κ2) is 8.02. The minimum absolute atomic E-state index is 0.0397. The van der Waals surface area contributed by atoms with Gasteiger partial charge in [-0.05, 0) is 23.8 Å². The number of hydrogen-bond donors (Lipinski definition) is 2. The Kier molecular flexibility index (Phi) is 6.42. The summed E-state index contributed by atoms with van der Waals surface area (Å²) in [6.45, 7) is 0.0844. The average Bonchev–Trinajstić information content (AvgIpc) is 2.58. The lowest BCUT2D eigenvalue weighted by Crippen LogP contribution is -2.24. The Bertz CT molecular complexity index is 919. The summed E-state index contributed by atoms with van der Waals surface area (Å²) in [5.41, 5.74) is 0.427. The minimum atomic E-state index is -3.52. The summed E-state index contributed by atoms with van der Waals surface area (Å²) in [5.74, 6) is -1.13. The highest BCUT2D eigenvalue weighted by atomic mass is 35.5. The van der Waals surface area contributed by atoms with E-state index in [1.54, 1.807) is 12.1 Å². The van der Waals surface area contributed by atoms with Gasteiger partial charge >= 0.3 is 0 Å². The molecular formula is C16H15Cl3N2O4S. The number of nitrogens with zero attached hydrogens (tertiary/aromatic N) is 1. The SMILES string of the molecule is CN(C)S(=O)(=O)c1ccc(CNC(=O)c2c(O)c(Cl)cc(Cl)c2Cl)cc1. The van der Waals surface area contributed by atoms with Gasteiger partial charge in [-0.15, -0.1) is 0 Å². The van der Waals surface area contributed by atoms with Crippen molar-refractivity contribution in [1.29, 1.82) is 0 Å². The summed E-state index contributed by atoms with van der Waals surface area (Å²) in [7, 11) is -0.642. The number of hydrogen-bond acceptors (Lipinski definition) is 4. The first-order valence-corrected chi connectivity index (χ1v) is 9.79. The molecule has 0 radical (unpaired) electrons. The fraction of sp³-hybridized carbons (Fsp3) is 0.188. The smallest absolute Gasteiger partial charge is 0.256 e. The molecule has 10 heteroatoms. The van der Waals surface area contributed by atoms with Crippen molar-refractivity contribution in [3.8, 4) is 5.75 Å². The van der Waals surface area contributed by atoms with Crippen molar-refractivity contribution < 1.29 is 18.3 Å². The van der Waals surface area contributed by atoms with Gasteiger partial charge in [0.2, 0.25) is 10.0 Å². The maximum absolute atomic E-state index is 12.3. The molecule has 1 amide bonds. The number of rotatable bonds is 5. The van der Waals surface area contributed by atoms with Crippen LogP contribution >= 0.6 is 34.8 Å². The van der Waals surface area contributed by atoms with Crippen molar-refractivity contribution >= 4 is 50.7 Å². The summed E-state index contributed by atoms with van der Waals surface area (Å²) < 4.78 is 25.2. The molecule has 6 nitrogen and oxygen atoms in total. The molecule has 0 atom stereocenters. The van der Waals surface area contributed by atoms with Crippen molar-refractivity contribution in [2.45, 2.75) is 11.4 Å². The van der Waals surface area contributed by atoms with E-state index in [0.29, 0.717) is 5.56 Å². The zero-order chi connectivity index (χ0) is 19.6. The van der Waals surface area contributed by atoms with Gasteiger partial charge in [0.1, 0.15) is 11.3 Å². The van der Waals surface area contributed by atoms with E-state index in [1.165, 1.54) is 32.3 Å². The molecule has 0 aliphatic rings. The van der Waals surface area contributed by atoms with E-state index in [4.69, 9.17) is 34.8 Å². The number of carbonyl (C=O) groups excluding carboxylic acids is 1. The maximum atomic E-state index is 12.3. The third-order valence-corrected chi connectivity index (χ3v) is 6.43. The van der Waals surface area contributed by atoms with Crippen molar-refractivity contribution in [3.05, 3.63) is 56.5 Å². The molecule has 0 bridgehead atoms. The van der Waals surface area contributed by atoms with E-state index < -0.39 is 21.7 Å². The lowest BCUT2D eigenvalue weighted by Gasteiger charge is -2.13. The molecule has 2 aromatic rings. The van der Waals surface area contributed by atoms with E-state index in [1.807, 2.05) is 0 Å². The molecule has 0 saturated heterocycles. The number of benzene rings is 2. The average molecular weight is 438 g/mol. The fourth-order valence-electron chi connectivity index (χ4n) is 2.05. The molecular weight excluding hydrogens is 423 g/mol. The minimum Gasteiger partial charge on any atom is -0.505 e. The van der Waals surface area contributed by atoms with Gasteiger partial charge in [-0.1, -0.05) is 46.9 Å². The second-order valence-corrected chi connectivity index (χ2v) is 8.84. The highest BCUT2D eigenvalue weighted by molar-refractivity contribution is 7.89. The summed E-state index contributed by atoms with van der Waals surface area (Å²) >= 11 is 17.6. The van der Waals surface area contributed by atoms with Crippen LogP contribution in [0.25, 0.3) is 0 Å². The van der Waals surface area contributed by atoms with Gasteiger partial charge in [-0.2, -0.15) is 0 Å². The van der Waals surface area contributed by atoms with Gasteiger partial charge in [0, 0.05) is 20.6 Å². The molecule has 0 aliphatic heterocycles. The maximum Gasteiger partial charge on any atom is 0.256 e. The lowest BCUT2D eigenvalue weighted by atomic mass is 10.1. The Morgan fingerprint density at radius 3 is 2.23 bits per heavy atom. The highest BCUT2D eigenvalue weighted by Crippen LogP contribution is 2.38. The number of phenolic OH excluding ortho intramolecular Hbond substituents is 1. The van der Waals surface area contributed by atoms with Crippen LogP contribution in [0.3, 0.4) is 0 Å². The molecule has 26 heavy (non-hydrogen) atoms. The Morgan fingerprint density at radius 1 is 1.12 bits per heavy atom. The molecule has 0 fully saturated rings. The molecule has 0 aromatic heterocycles. The number of amides is 1. The van der Waals surface area contributed by atoms with Gasteiger partial charge in [-0.3, -0.25) is 4.79 Å². The number of phenols is 1. The number of sulfonamides is 1. The summed E-state index contributed by atoms with van der Waals surface area (Å²) in [4.78, 5) is 12.4. The quantitative estimate of drug-likeness (QED) is 0.701. The van der Waals surface area contributed by atoms with E-state index in [-0.39, 0.29) is 32.1 Å². The Hall–Kier alpha value is -1.51. The van der Waals surface area contributed by atoms with Crippen LogP contribution in [0.15, 0.2) is 35.2 Å². The molecule has 2 aromatic carbocycles. The van der Waals surface area contributed by atoms with E-state index >= 15 is 0 Å². The van der Waals surface area contributed by atoms with Gasteiger partial charge in [0.15, 0.2) is 0 Å². The first kappa shape index (κ1) is 20.8. The Labute approximate surface area is 166 Å². The van der Waals surface area contributed by atoms with Crippen LogP contribution in [0.5, 0.6) is 5.75 Å². The fourth-order valence-corrected chi connectivity index (χ4v) is 3.65. The number of nitrogens with one attached hydrogen (secondary N) is 1. The predicted octanol–water partition coefficient (Wildman–Crippen LogP) is 3.53. The molecule has 0 saturated carbocycles. The van der Waals surface area contributed by atoms with Crippen LogP contribution in [0.2, 0.25) is 15.1 Å². The standard InChI is InChI=1S/C16H15Cl3N2O4S/c1-21(2)26(24,25)10-5-3-9(4-6-10)8-20-16(23)13-14(19)11(17)7-12(18)15(13)22/h3-7,22H,8H2,1-2H3,(H,20,23).